The summed E-state index contributed by atoms with van der Waals surface area (Å²) in [7, 11) is 1.53. The normalized spacial score (nSPS) is 14.4. The third kappa shape index (κ3) is 4.14. The zero-order valence-electron chi connectivity index (χ0n) is 20.3. The highest BCUT2D eigenvalue weighted by Crippen LogP contribution is 2.39. The van der Waals surface area contributed by atoms with Crippen LogP contribution in [0.4, 0.5) is 18.9 Å². The SMILES string of the molecule is COc1ccc(-c2ccc3[nH]c(=O)c4ncn(-c5ccc(N6CCNCC6)c(C(F)(F)F)c5)c4c3c2)cn1. The smallest absolute Gasteiger partial charge is 0.418 e. The third-order valence-electron chi connectivity index (χ3n) is 6.81. The van der Waals surface area contributed by atoms with Gasteiger partial charge in [-0.1, -0.05) is 6.07 Å². The number of halogens is 3. The zero-order chi connectivity index (χ0) is 26.4. The lowest BCUT2D eigenvalue weighted by Crippen LogP contribution is -2.44. The molecule has 1 fully saturated rings. The van der Waals surface area contributed by atoms with Crippen molar-refractivity contribution in [3.8, 4) is 22.7 Å². The van der Waals surface area contributed by atoms with Crippen LogP contribution in [-0.4, -0.2) is 52.8 Å². The van der Waals surface area contributed by atoms with E-state index in [1.165, 1.54) is 19.5 Å². The first kappa shape index (κ1) is 24.0. The summed E-state index contributed by atoms with van der Waals surface area (Å²) in [6.45, 7) is 2.21. The summed E-state index contributed by atoms with van der Waals surface area (Å²) in [6.07, 6.45) is -1.49. The standard InChI is InChI=1S/C27H23F3N6O2/c1-38-23-7-3-17(14-32-23)16-2-5-21-19(12-16)25-24(26(37)34-21)33-15-36(25)18-4-6-22(20(13-18)27(28,29)30)35-10-8-31-9-11-35/h2-7,12-15,31H,8-11H2,1H3,(H,34,37). The van der Waals surface area contributed by atoms with Crippen molar-refractivity contribution in [2.45, 2.75) is 6.18 Å². The second-order valence-corrected chi connectivity index (χ2v) is 9.05. The first-order valence-corrected chi connectivity index (χ1v) is 12.0. The fourth-order valence-electron chi connectivity index (χ4n) is 4.93. The zero-order valence-corrected chi connectivity index (χ0v) is 20.3. The first-order chi connectivity index (χ1) is 18.3. The van der Waals surface area contributed by atoms with E-state index in [9.17, 15) is 18.0 Å². The van der Waals surface area contributed by atoms with Gasteiger partial charge in [0.1, 0.15) is 6.33 Å². The lowest BCUT2D eigenvalue weighted by Gasteiger charge is -2.31. The van der Waals surface area contributed by atoms with E-state index in [2.05, 4.69) is 20.3 Å². The topological polar surface area (TPSA) is 88.1 Å². The predicted octanol–water partition coefficient (Wildman–Crippen LogP) is 4.37. The van der Waals surface area contributed by atoms with Gasteiger partial charge in [0.15, 0.2) is 5.52 Å². The summed E-state index contributed by atoms with van der Waals surface area (Å²) in [5.74, 6) is 0.476. The molecule has 0 atom stereocenters. The van der Waals surface area contributed by atoms with Gasteiger partial charge in [-0.15, -0.1) is 0 Å². The molecule has 194 valence electrons. The van der Waals surface area contributed by atoms with Crippen LogP contribution in [-0.2, 0) is 6.18 Å². The van der Waals surface area contributed by atoms with Gasteiger partial charge in [-0.2, -0.15) is 13.2 Å². The van der Waals surface area contributed by atoms with Gasteiger partial charge in [0.25, 0.3) is 5.56 Å². The monoisotopic (exact) mass is 520 g/mol. The molecule has 5 aromatic rings. The lowest BCUT2D eigenvalue weighted by molar-refractivity contribution is -0.137. The molecule has 6 rings (SSSR count). The van der Waals surface area contributed by atoms with Crippen LogP contribution in [0.25, 0.3) is 38.8 Å². The molecule has 1 aliphatic heterocycles. The molecule has 2 aromatic carbocycles. The molecule has 0 spiro atoms. The number of hydrogen-bond donors (Lipinski definition) is 2. The van der Waals surface area contributed by atoms with Crippen molar-refractivity contribution in [3.05, 3.63) is 77.0 Å². The number of ether oxygens (including phenoxy) is 1. The minimum absolute atomic E-state index is 0.141. The Morgan fingerprint density at radius 1 is 0.974 bits per heavy atom. The molecule has 0 aliphatic carbocycles. The number of piperazine rings is 1. The molecule has 1 saturated heterocycles. The van der Waals surface area contributed by atoms with Crippen LogP contribution in [0.3, 0.4) is 0 Å². The maximum atomic E-state index is 14.2. The van der Waals surface area contributed by atoms with E-state index < -0.39 is 17.3 Å². The van der Waals surface area contributed by atoms with E-state index in [1.54, 1.807) is 33.9 Å². The third-order valence-corrected chi connectivity index (χ3v) is 6.81. The Morgan fingerprint density at radius 3 is 2.47 bits per heavy atom. The number of nitrogens with zero attached hydrogens (tertiary/aromatic N) is 4. The molecule has 0 saturated carbocycles. The number of rotatable bonds is 4. The molecule has 0 radical (unpaired) electrons. The minimum atomic E-state index is -4.55. The summed E-state index contributed by atoms with van der Waals surface area (Å²) >= 11 is 0. The molecule has 0 bridgehead atoms. The summed E-state index contributed by atoms with van der Waals surface area (Å²) in [4.78, 5) is 25.9. The molecule has 0 unspecified atom stereocenters. The highest BCUT2D eigenvalue weighted by Gasteiger charge is 2.36. The molecular formula is C27H23F3N6O2. The fraction of sp³-hybridized carbons (Fsp3) is 0.222. The number of hydrogen-bond acceptors (Lipinski definition) is 6. The van der Waals surface area contributed by atoms with Gasteiger partial charge in [-0.05, 0) is 42.0 Å². The quantitative estimate of drug-likeness (QED) is 0.366. The van der Waals surface area contributed by atoms with Crippen LogP contribution < -0.4 is 20.5 Å². The van der Waals surface area contributed by atoms with Crippen LogP contribution in [0, 0.1) is 0 Å². The number of anilines is 1. The summed E-state index contributed by atoms with van der Waals surface area (Å²) in [5, 5.41) is 3.81. The minimum Gasteiger partial charge on any atom is -0.481 e. The number of aromatic nitrogens is 4. The van der Waals surface area contributed by atoms with E-state index in [1.807, 2.05) is 18.2 Å². The molecular weight excluding hydrogens is 497 g/mol. The van der Waals surface area contributed by atoms with Crippen molar-refractivity contribution in [2.75, 3.05) is 38.2 Å². The maximum absolute atomic E-state index is 14.2. The first-order valence-electron chi connectivity index (χ1n) is 12.0. The highest BCUT2D eigenvalue weighted by atomic mass is 19.4. The average Bonchev–Trinajstić information content (AvgIpc) is 3.39. The molecule has 8 nitrogen and oxygen atoms in total. The van der Waals surface area contributed by atoms with E-state index in [-0.39, 0.29) is 16.9 Å². The number of H-pyrrole nitrogens is 1. The molecule has 3 aromatic heterocycles. The molecule has 4 heterocycles. The molecule has 1 aliphatic rings. The number of aromatic amines is 1. The van der Waals surface area contributed by atoms with E-state index in [0.29, 0.717) is 48.5 Å². The highest BCUT2D eigenvalue weighted by molar-refractivity contribution is 6.04. The molecule has 38 heavy (non-hydrogen) atoms. The number of nitrogens with one attached hydrogen (secondary N) is 2. The van der Waals surface area contributed by atoms with Crippen LogP contribution in [0.1, 0.15) is 5.56 Å². The van der Waals surface area contributed by atoms with Gasteiger partial charge >= 0.3 is 6.18 Å². The Kier molecular flexibility index (Phi) is 5.79. The molecule has 11 heteroatoms. The number of pyridine rings is 2. The van der Waals surface area contributed by atoms with Crippen molar-refractivity contribution in [1.29, 1.82) is 0 Å². The van der Waals surface area contributed by atoms with Crippen LogP contribution in [0.2, 0.25) is 0 Å². The van der Waals surface area contributed by atoms with E-state index >= 15 is 0 Å². The van der Waals surface area contributed by atoms with Crippen molar-refractivity contribution < 1.29 is 17.9 Å². The van der Waals surface area contributed by atoms with Gasteiger partial charge < -0.3 is 19.9 Å². The lowest BCUT2D eigenvalue weighted by atomic mass is 10.0. The van der Waals surface area contributed by atoms with Gasteiger partial charge in [0.2, 0.25) is 5.88 Å². The van der Waals surface area contributed by atoms with E-state index in [4.69, 9.17) is 4.74 Å². The van der Waals surface area contributed by atoms with Gasteiger partial charge in [0, 0.05) is 60.8 Å². The largest absolute Gasteiger partial charge is 0.481 e. The van der Waals surface area contributed by atoms with Crippen molar-refractivity contribution >= 4 is 27.6 Å². The fourth-order valence-corrected chi connectivity index (χ4v) is 4.93. The molecule has 0 amide bonds. The van der Waals surface area contributed by atoms with Crippen LogP contribution >= 0.6 is 0 Å². The Hall–Kier alpha value is -4.38. The number of alkyl halides is 3. The maximum Gasteiger partial charge on any atom is 0.418 e. The average molecular weight is 521 g/mol. The predicted molar refractivity (Wildman–Crippen MR) is 139 cm³/mol. The van der Waals surface area contributed by atoms with E-state index in [0.717, 1.165) is 17.2 Å². The van der Waals surface area contributed by atoms with Gasteiger partial charge in [-0.3, -0.25) is 9.36 Å². The van der Waals surface area contributed by atoms with Crippen molar-refractivity contribution in [1.82, 2.24) is 24.8 Å². The van der Waals surface area contributed by atoms with Crippen LogP contribution in [0.5, 0.6) is 5.88 Å². The summed E-state index contributed by atoms with van der Waals surface area (Å²) < 4.78 is 49.3. The number of methoxy groups -OCH3 is 1. The van der Waals surface area contributed by atoms with Gasteiger partial charge in [-0.25, -0.2) is 9.97 Å². The Bertz CT molecular complexity index is 1700. The Labute approximate surface area is 214 Å². The second-order valence-electron chi connectivity index (χ2n) is 9.05. The van der Waals surface area contributed by atoms with Crippen molar-refractivity contribution in [3.63, 3.8) is 0 Å². The summed E-state index contributed by atoms with van der Waals surface area (Å²) in [5.41, 5.74) is 2.01. The number of fused-ring (bicyclic) bond motifs is 3. The van der Waals surface area contributed by atoms with Gasteiger partial charge in [0.05, 0.1) is 23.7 Å². The number of imidazole rings is 1. The Morgan fingerprint density at radius 2 is 1.76 bits per heavy atom. The Balaban J connectivity index is 1.54. The number of benzene rings is 2. The van der Waals surface area contributed by atoms with Crippen LogP contribution in [0.15, 0.2) is 65.8 Å². The summed E-state index contributed by atoms with van der Waals surface area (Å²) in [6, 6.07) is 13.3. The second kappa shape index (κ2) is 9.18. The van der Waals surface area contributed by atoms with Crippen molar-refractivity contribution in [2.24, 2.45) is 0 Å². The molecule has 2 N–H and O–H groups in total.